The van der Waals surface area contributed by atoms with Crippen LogP contribution in [-0.2, 0) is 14.3 Å². The van der Waals surface area contributed by atoms with E-state index < -0.39 is 12.1 Å². The quantitative estimate of drug-likeness (QED) is 0.905. The minimum Gasteiger partial charge on any atom is -0.444 e. The van der Waals surface area contributed by atoms with Gasteiger partial charge in [-0.05, 0) is 31.0 Å². The zero-order chi connectivity index (χ0) is 17.0. The molecule has 1 aromatic rings. The molecule has 2 atom stereocenters. The van der Waals surface area contributed by atoms with Crippen molar-refractivity contribution in [2.45, 2.75) is 45.9 Å². The van der Waals surface area contributed by atoms with Crippen molar-refractivity contribution in [3.05, 3.63) is 35.6 Å². The number of rotatable bonds is 5. The van der Waals surface area contributed by atoms with Crippen molar-refractivity contribution in [2.75, 3.05) is 0 Å². The second-order valence-electron chi connectivity index (χ2n) is 5.36. The van der Waals surface area contributed by atoms with E-state index in [2.05, 4.69) is 10.4 Å². The summed E-state index contributed by atoms with van der Waals surface area (Å²) < 4.78 is 18.4. The third-order valence-electron chi connectivity index (χ3n) is 3.43. The molecular weight excluding hydrogens is 301 g/mol. The van der Waals surface area contributed by atoms with Crippen molar-refractivity contribution in [2.24, 2.45) is 5.10 Å². The van der Waals surface area contributed by atoms with Gasteiger partial charge in [-0.1, -0.05) is 19.1 Å². The Morgan fingerprint density at radius 3 is 2.61 bits per heavy atom. The summed E-state index contributed by atoms with van der Waals surface area (Å²) in [6.45, 7) is 5.05. The Balaban J connectivity index is 2.04. The molecule has 1 aromatic carbocycles. The summed E-state index contributed by atoms with van der Waals surface area (Å²) in [4.78, 5) is 24.0. The van der Waals surface area contributed by atoms with Gasteiger partial charge in [0.25, 0.3) is 12.1 Å². The minimum atomic E-state index is -1.10. The van der Waals surface area contributed by atoms with Gasteiger partial charge in [-0.2, -0.15) is 5.01 Å². The van der Waals surface area contributed by atoms with Crippen LogP contribution in [0.15, 0.2) is 29.4 Å². The number of carbonyl (C=O) groups is 2. The Morgan fingerprint density at radius 1 is 1.39 bits per heavy atom. The largest absolute Gasteiger partial charge is 0.444 e. The van der Waals surface area contributed by atoms with Crippen molar-refractivity contribution in [3.8, 4) is 0 Å². The number of hydrogen-bond donors (Lipinski definition) is 1. The van der Waals surface area contributed by atoms with Crippen LogP contribution in [0.25, 0.3) is 0 Å². The first kappa shape index (κ1) is 16.9. The summed E-state index contributed by atoms with van der Waals surface area (Å²) in [5, 5.41) is 7.83. The number of halogens is 1. The van der Waals surface area contributed by atoms with Crippen molar-refractivity contribution in [1.82, 2.24) is 10.3 Å². The molecule has 124 valence electrons. The molecule has 1 aliphatic heterocycles. The van der Waals surface area contributed by atoms with Gasteiger partial charge in [-0.15, -0.1) is 5.10 Å². The molecule has 1 aliphatic rings. The molecule has 23 heavy (non-hydrogen) atoms. The Morgan fingerprint density at radius 2 is 2.04 bits per heavy atom. The van der Waals surface area contributed by atoms with E-state index in [0.29, 0.717) is 12.3 Å². The number of amides is 2. The summed E-state index contributed by atoms with van der Waals surface area (Å²) in [6, 6.07) is 5.49. The zero-order valence-corrected chi connectivity index (χ0v) is 13.4. The molecule has 0 aliphatic carbocycles. The summed E-state index contributed by atoms with van der Waals surface area (Å²) in [6.07, 6.45) is 0.253. The van der Waals surface area contributed by atoms with E-state index in [1.165, 1.54) is 19.1 Å². The topological polar surface area (TPSA) is 71.0 Å². The number of hydrazone groups is 1. The Hall–Kier alpha value is -2.44. The maximum Gasteiger partial charge on any atom is 0.285 e. The summed E-state index contributed by atoms with van der Waals surface area (Å²) in [5.41, 5.74) is 0.752. The summed E-state index contributed by atoms with van der Waals surface area (Å²) >= 11 is 0. The number of ether oxygens (including phenoxy) is 1. The van der Waals surface area contributed by atoms with Crippen molar-refractivity contribution in [1.29, 1.82) is 0 Å². The molecule has 0 saturated carbocycles. The van der Waals surface area contributed by atoms with Crippen LogP contribution < -0.4 is 5.32 Å². The van der Waals surface area contributed by atoms with E-state index in [1.807, 2.05) is 6.92 Å². The highest BCUT2D eigenvalue weighted by molar-refractivity contribution is 5.91. The average Bonchev–Trinajstić information content (AvgIpc) is 2.92. The molecule has 0 saturated heterocycles. The molecule has 6 nitrogen and oxygen atoms in total. The highest BCUT2D eigenvalue weighted by atomic mass is 19.1. The van der Waals surface area contributed by atoms with Gasteiger partial charge in [0.05, 0.1) is 6.04 Å². The number of nitrogens with zero attached hydrogens (tertiary/aromatic N) is 2. The number of benzene rings is 1. The third kappa shape index (κ3) is 4.06. The lowest BCUT2D eigenvalue weighted by Gasteiger charge is -2.21. The van der Waals surface area contributed by atoms with Gasteiger partial charge < -0.3 is 10.1 Å². The van der Waals surface area contributed by atoms with Gasteiger partial charge in [-0.3, -0.25) is 9.59 Å². The van der Waals surface area contributed by atoms with Crippen LogP contribution in [0.4, 0.5) is 4.39 Å². The first-order chi connectivity index (χ1) is 10.9. The molecule has 0 bridgehead atoms. The van der Waals surface area contributed by atoms with Crippen molar-refractivity contribution < 1.29 is 18.7 Å². The Labute approximate surface area is 134 Å². The molecule has 2 unspecified atom stereocenters. The molecule has 2 rings (SSSR count). The predicted octanol–water partition coefficient (Wildman–Crippen LogP) is 2.32. The first-order valence-electron chi connectivity index (χ1n) is 7.52. The van der Waals surface area contributed by atoms with Crippen LogP contribution in [0.1, 0.15) is 45.2 Å². The molecule has 1 N–H and O–H groups in total. The lowest BCUT2D eigenvalue weighted by Crippen LogP contribution is -2.46. The Kier molecular flexibility index (Phi) is 5.31. The van der Waals surface area contributed by atoms with Gasteiger partial charge in [0, 0.05) is 13.3 Å². The molecule has 2 amide bonds. The fourth-order valence-corrected chi connectivity index (χ4v) is 2.22. The number of hydrogen-bond acceptors (Lipinski definition) is 4. The van der Waals surface area contributed by atoms with Crippen molar-refractivity contribution in [3.63, 3.8) is 0 Å². The lowest BCUT2D eigenvalue weighted by molar-refractivity contribution is -0.147. The standard InChI is InChI=1S/C16H20FN3O3/c1-4-5-14-19-20(11(3)21)16(23-14)15(22)18-10(2)12-6-8-13(17)9-7-12/h6-10,16H,4-5H2,1-3H3,(H,18,22). The van der Waals surface area contributed by atoms with E-state index in [-0.39, 0.29) is 17.8 Å². The zero-order valence-electron chi connectivity index (χ0n) is 13.4. The highest BCUT2D eigenvalue weighted by Crippen LogP contribution is 2.18. The van der Waals surface area contributed by atoms with E-state index in [1.54, 1.807) is 19.1 Å². The van der Waals surface area contributed by atoms with Gasteiger partial charge in [0.2, 0.25) is 11.8 Å². The molecule has 0 aromatic heterocycles. The van der Waals surface area contributed by atoms with E-state index in [4.69, 9.17) is 4.74 Å². The second kappa shape index (κ2) is 7.21. The average molecular weight is 321 g/mol. The number of carbonyl (C=O) groups excluding carboxylic acids is 2. The second-order valence-corrected chi connectivity index (χ2v) is 5.36. The van der Waals surface area contributed by atoms with Gasteiger partial charge in [0.1, 0.15) is 5.82 Å². The molecular formula is C16H20FN3O3. The smallest absolute Gasteiger partial charge is 0.285 e. The fraction of sp³-hybridized carbons (Fsp3) is 0.438. The van der Waals surface area contributed by atoms with Crippen LogP contribution in [0.2, 0.25) is 0 Å². The van der Waals surface area contributed by atoms with Gasteiger partial charge >= 0.3 is 0 Å². The molecule has 0 spiro atoms. The summed E-state index contributed by atoms with van der Waals surface area (Å²) in [7, 11) is 0. The van der Waals surface area contributed by atoms with Gasteiger partial charge in [0.15, 0.2) is 0 Å². The summed E-state index contributed by atoms with van der Waals surface area (Å²) in [5.74, 6) is -0.804. The van der Waals surface area contributed by atoms with Crippen LogP contribution in [0, 0.1) is 5.82 Å². The lowest BCUT2D eigenvalue weighted by atomic mass is 10.1. The molecule has 1 heterocycles. The van der Waals surface area contributed by atoms with Crippen LogP contribution in [0.3, 0.4) is 0 Å². The monoisotopic (exact) mass is 321 g/mol. The highest BCUT2D eigenvalue weighted by Gasteiger charge is 2.36. The normalized spacial score (nSPS) is 18.2. The van der Waals surface area contributed by atoms with E-state index in [0.717, 1.165) is 17.0 Å². The first-order valence-corrected chi connectivity index (χ1v) is 7.52. The predicted molar refractivity (Wildman–Crippen MR) is 82.7 cm³/mol. The van der Waals surface area contributed by atoms with E-state index in [9.17, 15) is 14.0 Å². The third-order valence-corrected chi connectivity index (χ3v) is 3.43. The maximum atomic E-state index is 12.9. The SMILES string of the molecule is CCCC1=NN(C(C)=O)C(C(=O)NC(C)c2ccc(F)cc2)O1. The molecule has 0 radical (unpaired) electrons. The van der Waals surface area contributed by atoms with Crippen LogP contribution in [-0.4, -0.2) is 28.9 Å². The molecule has 7 heteroatoms. The van der Waals surface area contributed by atoms with Crippen LogP contribution >= 0.6 is 0 Å². The van der Waals surface area contributed by atoms with Gasteiger partial charge in [-0.25, -0.2) is 4.39 Å². The maximum absolute atomic E-state index is 12.9. The fourth-order valence-electron chi connectivity index (χ4n) is 2.22. The Bertz CT molecular complexity index is 616. The van der Waals surface area contributed by atoms with Crippen molar-refractivity contribution >= 4 is 17.7 Å². The van der Waals surface area contributed by atoms with E-state index >= 15 is 0 Å². The number of nitrogens with one attached hydrogen (secondary N) is 1. The minimum absolute atomic E-state index is 0.341. The van der Waals surface area contributed by atoms with Crippen LogP contribution in [0.5, 0.6) is 0 Å². The molecule has 0 fully saturated rings.